The lowest BCUT2D eigenvalue weighted by molar-refractivity contribution is 1.08. The molecule has 0 bridgehead atoms. The molecule has 2 heterocycles. The van der Waals surface area contributed by atoms with Gasteiger partial charge in [0.25, 0.3) is 0 Å². The van der Waals surface area contributed by atoms with E-state index in [0.29, 0.717) is 11.6 Å². The number of anilines is 1. The van der Waals surface area contributed by atoms with Crippen LogP contribution in [-0.2, 0) is 0 Å². The van der Waals surface area contributed by atoms with Crippen molar-refractivity contribution in [3.8, 4) is 0 Å². The highest BCUT2D eigenvalue weighted by molar-refractivity contribution is 5.46. The quantitative estimate of drug-likeness (QED) is 0.573. The Kier molecular flexibility index (Phi) is 1.06. The largest absolute Gasteiger partial charge is 0.368 e. The van der Waals surface area contributed by atoms with E-state index in [4.69, 9.17) is 5.73 Å². The second kappa shape index (κ2) is 1.91. The topological polar surface area (TPSA) is 69.1 Å². The van der Waals surface area contributed by atoms with E-state index in [2.05, 4.69) is 15.2 Å². The van der Waals surface area contributed by atoms with Gasteiger partial charge in [0.1, 0.15) is 0 Å². The minimum atomic E-state index is 0.394. The first-order valence-electron chi connectivity index (χ1n) is 3.21. The molecule has 0 unspecified atom stereocenters. The van der Waals surface area contributed by atoms with Crippen LogP contribution in [0.1, 0.15) is 5.69 Å². The highest BCUT2D eigenvalue weighted by Gasteiger charge is 2.02. The molecule has 0 spiro atoms. The van der Waals surface area contributed by atoms with Crippen LogP contribution in [0.2, 0.25) is 0 Å². The summed E-state index contributed by atoms with van der Waals surface area (Å²) in [6, 6.07) is 0. The zero-order chi connectivity index (χ0) is 7.84. The standard InChI is InChI=1S/C6H7N5/c1-4-5-9-10-6(7)11(5)3-2-8-4/h2-3H,1H3,(H2,7,10). The van der Waals surface area contributed by atoms with Gasteiger partial charge >= 0.3 is 0 Å². The van der Waals surface area contributed by atoms with Gasteiger partial charge in [-0.3, -0.25) is 9.38 Å². The van der Waals surface area contributed by atoms with E-state index in [1.54, 1.807) is 16.8 Å². The zero-order valence-electron chi connectivity index (χ0n) is 6.02. The third-order valence-corrected chi connectivity index (χ3v) is 1.53. The second-order valence-corrected chi connectivity index (χ2v) is 2.26. The van der Waals surface area contributed by atoms with Gasteiger partial charge in [-0.15, -0.1) is 10.2 Å². The zero-order valence-corrected chi connectivity index (χ0v) is 6.02. The number of rotatable bonds is 0. The number of hydrogen-bond donors (Lipinski definition) is 1. The lowest BCUT2D eigenvalue weighted by Gasteiger charge is -1.93. The Bertz CT molecular complexity index is 391. The Labute approximate surface area is 62.9 Å². The smallest absolute Gasteiger partial charge is 0.226 e. The lowest BCUT2D eigenvalue weighted by atomic mass is 10.5. The number of nitrogens with two attached hydrogens (primary N) is 1. The van der Waals surface area contributed by atoms with Crippen molar-refractivity contribution >= 4 is 11.6 Å². The second-order valence-electron chi connectivity index (χ2n) is 2.26. The molecule has 5 heteroatoms. The van der Waals surface area contributed by atoms with Crippen LogP contribution in [0.15, 0.2) is 12.4 Å². The van der Waals surface area contributed by atoms with Gasteiger partial charge in [-0.1, -0.05) is 0 Å². The lowest BCUT2D eigenvalue weighted by Crippen LogP contribution is -1.95. The van der Waals surface area contributed by atoms with Crippen LogP contribution in [-0.4, -0.2) is 19.6 Å². The molecule has 5 nitrogen and oxygen atoms in total. The predicted molar refractivity (Wildman–Crippen MR) is 39.9 cm³/mol. The van der Waals surface area contributed by atoms with Crippen molar-refractivity contribution in [3.05, 3.63) is 18.1 Å². The predicted octanol–water partition coefficient (Wildman–Crippen LogP) is 0.0149. The van der Waals surface area contributed by atoms with Crippen LogP contribution in [0.5, 0.6) is 0 Å². The van der Waals surface area contributed by atoms with Crippen molar-refractivity contribution < 1.29 is 0 Å². The molecular formula is C6H7N5. The fourth-order valence-electron chi connectivity index (χ4n) is 0.967. The molecule has 2 aromatic heterocycles. The Balaban J connectivity index is 2.94. The SMILES string of the molecule is Cc1nccn2c(N)nnc12. The fraction of sp³-hybridized carbons (Fsp3) is 0.167. The third kappa shape index (κ3) is 0.739. The number of nitrogen functional groups attached to an aromatic ring is 1. The Morgan fingerprint density at radius 2 is 2.27 bits per heavy atom. The summed E-state index contributed by atoms with van der Waals surface area (Å²) >= 11 is 0. The van der Waals surface area contributed by atoms with E-state index >= 15 is 0 Å². The van der Waals surface area contributed by atoms with Gasteiger partial charge in [0.2, 0.25) is 5.95 Å². The Morgan fingerprint density at radius 1 is 1.45 bits per heavy atom. The number of fused-ring (bicyclic) bond motifs is 1. The molecule has 2 aromatic rings. The molecule has 0 amide bonds. The highest BCUT2D eigenvalue weighted by Crippen LogP contribution is 2.05. The van der Waals surface area contributed by atoms with Gasteiger partial charge in [0.15, 0.2) is 5.65 Å². The average molecular weight is 149 g/mol. The number of hydrogen-bond acceptors (Lipinski definition) is 4. The molecule has 0 aliphatic carbocycles. The van der Waals surface area contributed by atoms with Gasteiger partial charge in [0, 0.05) is 12.4 Å². The van der Waals surface area contributed by atoms with Crippen LogP contribution >= 0.6 is 0 Å². The van der Waals surface area contributed by atoms with Crippen LogP contribution in [0, 0.1) is 6.92 Å². The summed E-state index contributed by atoms with van der Waals surface area (Å²) in [5.41, 5.74) is 7.05. The molecule has 0 saturated heterocycles. The van der Waals surface area contributed by atoms with Gasteiger partial charge in [-0.2, -0.15) is 0 Å². The number of aryl methyl sites for hydroxylation is 1. The molecule has 0 fully saturated rings. The average Bonchev–Trinajstić information content (AvgIpc) is 2.35. The summed E-state index contributed by atoms with van der Waals surface area (Å²) in [5.74, 6) is 0.394. The number of aromatic nitrogens is 4. The minimum Gasteiger partial charge on any atom is -0.368 e. The molecule has 11 heavy (non-hydrogen) atoms. The summed E-state index contributed by atoms with van der Waals surface area (Å²) in [7, 11) is 0. The summed E-state index contributed by atoms with van der Waals surface area (Å²) in [4.78, 5) is 4.04. The van der Waals surface area contributed by atoms with E-state index in [1.165, 1.54) is 0 Å². The Hall–Kier alpha value is -1.65. The van der Waals surface area contributed by atoms with Gasteiger partial charge in [0.05, 0.1) is 5.69 Å². The molecule has 2 rings (SSSR count). The van der Waals surface area contributed by atoms with Crippen LogP contribution in [0.3, 0.4) is 0 Å². The summed E-state index contributed by atoms with van der Waals surface area (Å²) in [6.45, 7) is 1.86. The molecule has 56 valence electrons. The maximum absolute atomic E-state index is 5.51. The van der Waals surface area contributed by atoms with Crippen molar-refractivity contribution in [2.24, 2.45) is 0 Å². The van der Waals surface area contributed by atoms with Gasteiger partial charge < -0.3 is 5.73 Å². The maximum atomic E-state index is 5.51. The van der Waals surface area contributed by atoms with Crippen LogP contribution < -0.4 is 5.73 Å². The molecule has 0 radical (unpaired) electrons. The normalized spacial score (nSPS) is 10.6. The van der Waals surface area contributed by atoms with Gasteiger partial charge in [-0.25, -0.2) is 0 Å². The monoisotopic (exact) mass is 149 g/mol. The van der Waals surface area contributed by atoms with E-state index in [-0.39, 0.29) is 0 Å². The summed E-state index contributed by atoms with van der Waals surface area (Å²) in [5, 5.41) is 7.55. The van der Waals surface area contributed by atoms with E-state index in [9.17, 15) is 0 Å². The fourth-order valence-corrected chi connectivity index (χ4v) is 0.967. The first kappa shape index (κ1) is 6.09. The third-order valence-electron chi connectivity index (χ3n) is 1.53. The highest BCUT2D eigenvalue weighted by atomic mass is 15.3. The molecular weight excluding hydrogens is 142 g/mol. The minimum absolute atomic E-state index is 0.394. The van der Waals surface area contributed by atoms with E-state index in [0.717, 1.165) is 5.69 Å². The summed E-state index contributed by atoms with van der Waals surface area (Å²) in [6.07, 6.45) is 3.40. The van der Waals surface area contributed by atoms with Crippen molar-refractivity contribution in [1.29, 1.82) is 0 Å². The Morgan fingerprint density at radius 3 is 3.00 bits per heavy atom. The van der Waals surface area contributed by atoms with E-state index in [1.807, 2.05) is 6.92 Å². The molecule has 0 aromatic carbocycles. The van der Waals surface area contributed by atoms with Crippen molar-refractivity contribution in [1.82, 2.24) is 19.6 Å². The maximum Gasteiger partial charge on any atom is 0.226 e. The first-order chi connectivity index (χ1) is 5.29. The van der Waals surface area contributed by atoms with E-state index < -0.39 is 0 Å². The molecule has 2 N–H and O–H groups in total. The van der Waals surface area contributed by atoms with Crippen molar-refractivity contribution in [2.45, 2.75) is 6.92 Å². The molecule has 0 atom stereocenters. The van der Waals surface area contributed by atoms with Gasteiger partial charge in [-0.05, 0) is 6.92 Å². The van der Waals surface area contributed by atoms with Crippen molar-refractivity contribution in [2.75, 3.05) is 5.73 Å². The molecule has 0 aliphatic heterocycles. The van der Waals surface area contributed by atoms with Crippen LogP contribution in [0.25, 0.3) is 5.65 Å². The molecule has 0 aliphatic rings. The first-order valence-corrected chi connectivity index (χ1v) is 3.21. The van der Waals surface area contributed by atoms with Crippen LogP contribution in [0.4, 0.5) is 5.95 Å². The molecule has 0 saturated carbocycles. The summed E-state index contributed by atoms with van der Waals surface area (Å²) < 4.78 is 1.70. The van der Waals surface area contributed by atoms with Crippen molar-refractivity contribution in [3.63, 3.8) is 0 Å². The number of nitrogens with zero attached hydrogens (tertiary/aromatic N) is 4.